The van der Waals surface area contributed by atoms with Crippen molar-refractivity contribution < 1.29 is 28.2 Å². The molecule has 3 atom stereocenters. The van der Waals surface area contributed by atoms with Crippen LogP contribution in [0.1, 0.15) is 111 Å². The molecule has 0 aromatic heterocycles. The maximum absolute atomic E-state index is 13.5. The fourth-order valence-corrected chi connectivity index (χ4v) is 12.2. The van der Waals surface area contributed by atoms with Crippen LogP contribution in [0.5, 0.6) is 0 Å². The number of alkyl halides is 3. The maximum Gasteiger partial charge on any atom is 0.471 e. The van der Waals surface area contributed by atoms with E-state index in [-0.39, 0.29) is 12.5 Å². The molecule has 248 valence electrons. The first kappa shape index (κ1) is 38.0. The summed E-state index contributed by atoms with van der Waals surface area (Å²) in [4.78, 5) is 12.3. The number of halogens is 3. The number of hydrogen-bond donors (Lipinski definition) is 3. The summed E-state index contributed by atoms with van der Waals surface area (Å²) >= 11 is 0. The monoisotopic (exact) mass is 635 g/mol. The fourth-order valence-electron chi connectivity index (χ4n) is 6.49. The number of carbonyl (C=O) groups excluding carboxylic acids is 1. The Morgan fingerprint density at radius 3 is 1.52 bits per heavy atom. The number of aliphatic hydroxyl groups excluding tert-OH is 2. The van der Waals surface area contributed by atoms with Crippen molar-refractivity contribution in [1.29, 1.82) is 0 Å². The van der Waals surface area contributed by atoms with E-state index in [0.717, 1.165) is 29.6 Å². The van der Waals surface area contributed by atoms with E-state index in [0.29, 0.717) is 6.42 Å². The Kier molecular flexibility index (Phi) is 16.2. The van der Waals surface area contributed by atoms with E-state index >= 15 is 0 Å². The van der Waals surface area contributed by atoms with Gasteiger partial charge in [-0.25, -0.2) is 0 Å². The van der Waals surface area contributed by atoms with Gasteiger partial charge in [0.1, 0.15) is 8.07 Å². The number of amides is 1. The molecule has 8 heteroatoms. The van der Waals surface area contributed by atoms with Gasteiger partial charge < -0.3 is 15.5 Å². The summed E-state index contributed by atoms with van der Waals surface area (Å²) in [7, 11) is -2.97. The number of aliphatic hydroxyl groups is 2. The van der Waals surface area contributed by atoms with Crippen LogP contribution in [0.3, 0.4) is 0 Å². The Bertz CT molecular complexity index is 1020. The van der Waals surface area contributed by atoms with Crippen molar-refractivity contribution in [3.05, 3.63) is 60.7 Å². The zero-order chi connectivity index (χ0) is 32.6. The molecule has 0 unspecified atom stereocenters. The van der Waals surface area contributed by atoms with E-state index in [1.54, 1.807) is 0 Å². The first-order valence-electron chi connectivity index (χ1n) is 16.7. The lowest BCUT2D eigenvalue weighted by Gasteiger charge is -2.47. The summed E-state index contributed by atoms with van der Waals surface area (Å²) in [6.07, 6.45) is 6.23. The number of hydrogen-bond acceptors (Lipinski definition) is 3. The molecule has 0 aliphatic carbocycles. The third-order valence-electron chi connectivity index (χ3n) is 9.07. The van der Waals surface area contributed by atoms with Gasteiger partial charge in [-0.15, -0.1) is 0 Å². The fraction of sp³-hybridized carbons (Fsp3) is 0.639. The molecule has 2 aromatic carbocycles. The van der Waals surface area contributed by atoms with Gasteiger partial charge in [0.25, 0.3) is 0 Å². The largest absolute Gasteiger partial charge is 0.471 e. The lowest BCUT2D eigenvalue weighted by Crippen LogP contribution is -2.68. The zero-order valence-corrected chi connectivity index (χ0v) is 28.3. The number of rotatable bonds is 20. The first-order valence-corrected chi connectivity index (χ1v) is 18.9. The summed E-state index contributed by atoms with van der Waals surface area (Å²) in [5, 5.41) is 26.1. The van der Waals surface area contributed by atoms with E-state index in [1.807, 2.05) is 60.7 Å². The second-order valence-electron chi connectivity index (χ2n) is 13.4. The summed E-state index contributed by atoms with van der Waals surface area (Å²) in [6, 6.07) is 18.2. The van der Waals surface area contributed by atoms with Crippen LogP contribution in [0.4, 0.5) is 13.2 Å². The number of carbonyl (C=O) groups is 1. The molecule has 0 fully saturated rings. The van der Waals surface area contributed by atoms with Crippen LogP contribution >= 0.6 is 0 Å². The Labute approximate surface area is 264 Å². The highest BCUT2D eigenvalue weighted by atomic mass is 28.3. The van der Waals surface area contributed by atoms with Crippen molar-refractivity contribution in [2.75, 3.05) is 0 Å². The molecule has 0 saturated heterocycles. The second kappa shape index (κ2) is 18.7. The number of unbranched alkanes of at least 4 members (excludes halogenated alkanes) is 11. The summed E-state index contributed by atoms with van der Waals surface area (Å²) < 4.78 is 40.5. The van der Waals surface area contributed by atoms with Crippen LogP contribution in [0.15, 0.2) is 60.7 Å². The van der Waals surface area contributed by atoms with E-state index < -0.39 is 43.4 Å². The van der Waals surface area contributed by atoms with Gasteiger partial charge in [-0.3, -0.25) is 4.79 Å². The zero-order valence-electron chi connectivity index (χ0n) is 27.3. The van der Waals surface area contributed by atoms with Crippen molar-refractivity contribution in [2.24, 2.45) is 0 Å². The van der Waals surface area contributed by atoms with Gasteiger partial charge in [0.2, 0.25) is 0 Å². The van der Waals surface area contributed by atoms with Crippen LogP contribution in [-0.4, -0.2) is 48.6 Å². The van der Waals surface area contributed by atoms with Crippen LogP contribution in [0.2, 0.25) is 11.1 Å². The predicted molar refractivity (Wildman–Crippen MR) is 178 cm³/mol. The van der Waals surface area contributed by atoms with Gasteiger partial charge in [-0.1, -0.05) is 176 Å². The molecule has 0 saturated carbocycles. The molecule has 0 aliphatic rings. The van der Waals surface area contributed by atoms with Gasteiger partial charge in [0.05, 0.1) is 18.2 Å². The minimum atomic E-state index is -5.11. The molecule has 0 aliphatic heterocycles. The van der Waals surface area contributed by atoms with Gasteiger partial charge in [0, 0.05) is 0 Å². The molecule has 1 amide bonds. The van der Waals surface area contributed by atoms with E-state index in [1.165, 1.54) is 51.4 Å². The molecule has 2 aromatic rings. The van der Waals surface area contributed by atoms with Crippen molar-refractivity contribution in [3.63, 3.8) is 0 Å². The molecule has 3 N–H and O–H groups in total. The Morgan fingerprint density at radius 1 is 0.727 bits per heavy atom. The van der Waals surface area contributed by atoms with Crippen LogP contribution < -0.4 is 15.7 Å². The molecule has 44 heavy (non-hydrogen) atoms. The highest BCUT2D eigenvalue weighted by Gasteiger charge is 2.51. The third-order valence-corrected chi connectivity index (χ3v) is 15.3. The van der Waals surface area contributed by atoms with Gasteiger partial charge in [-0.2, -0.15) is 13.2 Å². The lowest BCUT2D eigenvalue weighted by atomic mass is 9.99. The molecule has 0 heterocycles. The molecule has 0 spiro atoms. The third kappa shape index (κ3) is 11.6. The molecule has 2 rings (SSSR count). The normalized spacial score (nSPS) is 14.7. The smallest absolute Gasteiger partial charge is 0.390 e. The molecule has 0 radical (unpaired) electrons. The molecular weight excluding hydrogens is 579 g/mol. The van der Waals surface area contributed by atoms with E-state index in [9.17, 15) is 28.2 Å². The van der Waals surface area contributed by atoms with Crippen molar-refractivity contribution in [3.8, 4) is 0 Å². The average Bonchev–Trinajstić information content (AvgIpc) is 2.99. The predicted octanol–water partition coefficient (Wildman–Crippen LogP) is 7.91. The first-order chi connectivity index (χ1) is 20.8. The highest BCUT2D eigenvalue weighted by Crippen LogP contribution is 2.40. The standard InChI is InChI=1S/C36H56F3NO3Si/c1-5-6-7-8-9-10-11-12-13-14-15-22-27-32(41)33(42)31(40-34(43)36(37,38)39)28-44(35(2,3)4,29-23-18-16-19-24-29)30-25-20-17-21-26-30/h16-21,23-26,31-33,41-42H,5-15,22,27-28H2,1-4H3,(H,40,43)/t31-,32-,33+/m1/s1. The number of benzene rings is 2. The molecule has 4 nitrogen and oxygen atoms in total. The topological polar surface area (TPSA) is 69.6 Å². The van der Waals surface area contributed by atoms with Crippen molar-refractivity contribution in [2.45, 2.75) is 147 Å². The summed E-state index contributed by atoms with van der Waals surface area (Å²) in [6.45, 7) is 8.42. The van der Waals surface area contributed by atoms with Crippen LogP contribution in [0.25, 0.3) is 0 Å². The van der Waals surface area contributed by atoms with Gasteiger partial charge in [-0.05, 0) is 17.5 Å². The number of nitrogens with one attached hydrogen (secondary N) is 1. The van der Waals surface area contributed by atoms with Gasteiger partial charge in [0.15, 0.2) is 0 Å². The average molecular weight is 636 g/mol. The highest BCUT2D eigenvalue weighted by molar-refractivity contribution is 7.04. The Balaban J connectivity index is 2.15. The van der Waals surface area contributed by atoms with Crippen molar-refractivity contribution in [1.82, 2.24) is 5.32 Å². The SMILES string of the molecule is CCCCCCCCCCCCCC[C@@H](O)[C@@H](O)[C@@H](C[Si](c1ccccc1)(c1ccccc1)C(C)(C)C)NC(=O)C(F)(F)F. The lowest BCUT2D eigenvalue weighted by molar-refractivity contribution is -0.175. The minimum absolute atomic E-state index is 0.100. The minimum Gasteiger partial charge on any atom is -0.390 e. The summed E-state index contributed by atoms with van der Waals surface area (Å²) in [5.41, 5.74) is 0. The Morgan fingerprint density at radius 2 is 1.14 bits per heavy atom. The molecular formula is C36H56F3NO3Si. The summed E-state index contributed by atoms with van der Waals surface area (Å²) in [5.74, 6) is -2.10. The maximum atomic E-state index is 13.5. The quantitative estimate of drug-likeness (QED) is 0.102. The van der Waals surface area contributed by atoms with Crippen molar-refractivity contribution >= 4 is 24.4 Å². The second-order valence-corrected chi connectivity index (χ2v) is 18.3. The Hall–Kier alpha value is -2.16. The van der Waals surface area contributed by atoms with Crippen LogP contribution in [-0.2, 0) is 4.79 Å². The molecule has 0 bridgehead atoms. The van der Waals surface area contributed by atoms with E-state index in [4.69, 9.17) is 0 Å². The van der Waals surface area contributed by atoms with Gasteiger partial charge >= 0.3 is 12.1 Å². The van der Waals surface area contributed by atoms with Crippen LogP contribution in [0, 0.1) is 0 Å². The van der Waals surface area contributed by atoms with E-state index in [2.05, 4.69) is 33.0 Å².